The molecule has 0 N–H and O–H groups in total. The highest BCUT2D eigenvalue weighted by Gasteiger charge is 2.41. The van der Waals surface area contributed by atoms with E-state index in [1.807, 2.05) is 0 Å². The highest BCUT2D eigenvalue weighted by Crippen LogP contribution is 2.40. The molecule has 242 valence electrons. The molecule has 3 heterocycles. The summed E-state index contributed by atoms with van der Waals surface area (Å²) in [7, 11) is 0. The van der Waals surface area contributed by atoms with Crippen molar-refractivity contribution in [2.24, 2.45) is 0 Å². The van der Waals surface area contributed by atoms with Gasteiger partial charge in [0.05, 0.1) is 11.0 Å². The van der Waals surface area contributed by atoms with Crippen molar-refractivity contribution in [1.82, 2.24) is 4.57 Å². The van der Waals surface area contributed by atoms with Gasteiger partial charge in [-0.2, -0.15) is 0 Å². The van der Waals surface area contributed by atoms with E-state index >= 15 is 0 Å². The Morgan fingerprint density at radius 1 is 0.346 bits per heavy atom. The molecule has 0 radical (unpaired) electrons. The van der Waals surface area contributed by atoms with E-state index in [0.29, 0.717) is 0 Å². The molecule has 3 nitrogen and oxygen atoms in total. The van der Waals surface area contributed by atoms with Gasteiger partial charge in [0.1, 0.15) is 23.0 Å². The van der Waals surface area contributed by atoms with Crippen molar-refractivity contribution in [3.05, 3.63) is 182 Å². The van der Waals surface area contributed by atoms with Gasteiger partial charge >= 0.3 is 0 Å². The molecule has 0 spiro atoms. The Labute approximate surface area is 302 Å². The smallest absolute Gasteiger partial charge is 0.260 e. The number of aromatic nitrogens is 1. The van der Waals surface area contributed by atoms with Gasteiger partial charge < -0.3 is 14.0 Å². The molecule has 0 saturated heterocycles. The van der Waals surface area contributed by atoms with Crippen molar-refractivity contribution in [3.63, 3.8) is 0 Å². The lowest BCUT2D eigenvalue weighted by Gasteiger charge is -2.34. The molecule has 4 heteroatoms. The minimum atomic E-state index is -0.0530. The van der Waals surface area contributed by atoms with Crippen LogP contribution in [0.5, 0.6) is 23.0 Å². The van der Waals surface area contributed by atoms with Gasteiger partial charge in [0.15, 0.2) is 0 Å². The third-order valence-electron chi connectivity index (χ3n) is 10.7. The minimum absolute atomic E-state index is 0.0530. The van der Waals surface area contributed by atoms with Gasteiger partial charge in [0.2, 0.25) is 0 Å². The lowest BCUT2D eigenvalue weighted by atomic mass is 9.34. The van der Waals surface area contributed by atoms with Crippen molar-refractivity contribution >= 4 is 44.9 Å². The SMILES string of the molecule is c1ccc(-c2ccc3c(c2)B2c4cc(-c5ccccc5)ccc4Oc4cc(-c5cccc(-n6c7ccccc7c7ccccc76)c5)cc(c42)O3)cc1. The van der Waals surface area contributed by atoms with Gasteiger partial charge in [0.25, 0.3) is 6.71 Å². The first kappa shape index (κ1) is 29.0. The topological polar surface area (TPSA) is 23.4 Å². The number of nitrogens with zero attached hydrogens (tertiary/aromatic N) is 1. The van der Waals surface area contributed by atoms with E-state index in [9.17, 15) is 0 Å². The lowest BCUT2D eigenvalue weighted by Crippen LogP contribution is -2.57. The average molecular weight is 664 g/mol. The molecule has 0 aliphatic carbocycles. The van der Waals surface area contributed by atoms with Crippen LogP contribution in [0.3, 0.4) is 0 Å². The van der Waals surface area contributed by atoms with Gasteiger partial charge in [-0.1, -0.05) is 133 Å². The predicted molar refractivity (Wildman–Crippen MR) is 215 cm³/mol. The summed E-state index contributed by atoms with van der Waals surface area (Å²) in [5.41, 5.74) is 13.7. The number of hydrogen-bond acceptors (Lipinski definition) is 2. The van der Waals surface area contributed by atoms with Crippen molar-refractivity contribution in [3.8, 4) is 62.1 Å². The number of rotatable bonds is 4. The molecule has 0 saturated carbocycles. The summed E-state index contributed by atoms with van der Waals surface area (Å²) in [6.07, 6.45) is 0. The zero-order chi connectivity index (χ0) is 34.2. The summed E-state index contributed by atoms with van der Waals surface area (Å²) in [6.45, 7) is -0.0530. The van der Waals surface area contributed by atoms with Crippen molar-refractivity contribution in [2.75, 3.05) is 0 Å². The van der Waals surface area contributed by atoms with E-state index < -0.39 is 0 Å². The van der Waals surface area contributed by atoms with Crippen LogP contribution in [0.25, 0.3) is 60.9 Å². The number of hydrogen-bond donors (Lipinski definition) is 0. The van der Waals surface area contributed by atoms with Crippen LogP contribution in [0.2, 0.25) is 0 Å². The summed E-state index contributed by atoms with van der Waals surface area (Å²) in [5.74, 6) is 3.40. The Balaban J connectivity index is 1.09. The van der Waals surface area contributed by atoms with E-state index in [1.165, 1.54) is 44.1 Å². The highest BCUT2D eigenvalue weighted by atomic mass is 16.5. The second-order valence-corrected chi connectivity index (χ2v) is 13.7. The molecule has 0 amide bonds. The van der Waals surface area contributed by atoms with Crippen LogP contribution in [0.1, 0.15) is 0 Å². The van der Waals surface area contributed by atoms with Crippen LogP contribution in [0, 0.1) is 0 Å². The Morgan fingerprint density at radius 2 is 0.827 bits per heavy atom. The van der Waals surface area contributed by atoms with E-state index in [2.05, 4.69) is 187 Å². The maximum Gasteiger partial charge on any atom is 0.260 e. The molecule has 52 heavy (non-hydrogen) atoms. The molecule has 8 aromatic carbocycles. The van der Waals surface area contributed by atoms with Gasteiger partial charge in [-0.25, -0.2) is 0 Å². The van der Waals surface area contributed by atoms with Gasteiger partial charge in [0, 0.05) is 21.9 Å². The van der Waals surface area contributed by atoms with Crippen molar-refractivity contribution in [2.45, 2.75) is 0 Å². The first-order valence-electron chi connectivity index (χ1n) is 17.8. The maximum absolute atomic E-state index is 6.84. The molecule has 0 bridgehead atoms. The second kappa shape index (κ2) is 11.4. The zero-order valence-electron chi connectivity index (χ0n) is 28.2. The molecule has 2 aliphatic rings. The summed E-state index contributed by atoms with van der Waals surface area (Å²) in [4.78, 5) is 0. The summed E-state index contributed by atoms with van der Waals surface area (Å²) in [5, 5.41) is 2.50. The third-order valence-corrected chi connectivity index (χ3v) is 10.7. The van der Waals surface area contributed by atoms with Crippen LogP contribution >= 0.6 is 0 Å². The summed E-state index contributed by atoms with van der Waals surface area (Å²) < 4.78 is 16.0. The Hall–Kier alpha value is -6.78. The monoisotopic (exact) mass is 663 g/mol. The number of fused-ring (bicyclic) bond motifs is 7. The van der Waals surface area contributed by atoms with Gasteiger partial charge in [-0.05, 0) is 92.8 Å². The van der Waals surface area contributed by atoms with Crippen LogP contribution in [-0.4, -0.2) is 11.3 Å². The molecular formula is C48H30BNO2. The molecular weight excluding hydrogens is 633 g/mol. The molecule has 0 atom stereocenters. The van der Waals surface area contributed by atoms with Crippen LogP contribution in [-0.2, 0) is 0 Å². The molecule has 2 aliphatic heterocycles. The van der Waals surface area contributed by atoms with Gasteiger partial charge in [-0.15, -0.1) is 0 Å². The summed E-state index contributed by atoms with van der Waals surface area (Å²) in [6, 6.07) is 64.8. The quantitative estimate of drug-likeness (QED) is 0.175. The number of ether oxygens (including phenoxy) is 2. The van der Waals surface area contributed by atoms with E-state index in [0.717, 1.165) is 56.2 Å². The largest absolute Gasteiger partial charge is 0.458 e. The summed E-state index contributed by atoms with van der Waals surface area (Å²) >= 11 is 0. The third kappa shape index (κ3) is 4.48. The fraction of sp³-hybridized carbons (Fsp3) is 0. The second-order valence-electron chi connectivity index (χ2n) is 13.7. The molecule has 0 fully saturated rings. The van der Waals surface area contributed by atoms with Crippen molar-refractivity contribution < 1.29 is 9.47 Å². The van der Waals surface area contributed by atoms with Gasteiger partial charge in [-0.3, -0.25) is 0 Å². The maximum atomic E-state index is 6.84. The minimum Gasteiger partial charge on any atom is -0.458 e. The normalized spacial score (nSPS) is 12.5. The Kier molecular flexibility index (Phi) is 6.35. The fourth-order valence-corrected chi connectivity index (χ4v) is 8.32. The predicted octanol–water partition coefficient (Wildman–Crippen LogP) is 10.5. The number of benzene rings is 8. The first-order valence-corrected chi connectivity index (χ1v) is 17.8. The molecule has 11 rings (SSSR count). The van der Waals surface area contributed by atoms with Crippen LogP contribution in [0.4, 0.5) is 0 Å². The van der Waals surface area contributed by atoms with E-state index in [-0.39, 0.29) is 6.71 Å². The first-order chi connectivity index (χ1) is 25.8. The van der Waals surface area contributed by atoms with E-state index in [1.54, 1.807) is 0 Å². The molecule has 0 unspecified atom stereocenters. The lowest BCUT2D eigenvalue weighted by molar-refractivity contribution is 0.465. The van der Waals surface area contributed by atoms with Crippen molar-refractivity contribution in [1.29, 1.82) is 0 Å². The fourth-order valence-electron chi connectivity index (χ4n) is 8.32. The average Bonchev–Trinajstić information content (AvgIpc) is 3.55. The molecule has 9 aromatic rings. The Bertz CT molecular complexity index is 2690. The zero-order valence-corrected chi connectivity index (χ0v) is 28.2. The molecule has 1 aromatic heterocycles. The van der Waals surface area contributed by atoms with E-state index in [4.69, 9.17) is 9.47 Å². The van der Waals surface area contributed by atoms with Crippen LogP contribution < -0.4 is 25.9 Å². The highest BCUT2D eigenvalue weighted by molar-refractivity contribution is 6.98. The standard InChI is InChI=1S/C48H30BNO2/c1-3-12-31(13-4-1)34-22-24-44-40(27-34)49-41-28-35(32-14-5-2-6-15-32)23-25-45(41)52-47-30-36(29-46(51-44)48(47)49)33-16-11-17-37(26-33)50-42-20-9-7-18-38(42)39-19-8-10-21-43(39)50/h1-30H. The Morgan fingerprint density at radius 3 is 1.38 bits per heavy atom. The number of para-hydroxylation sites is 2. The van der Waals surface area contributed by atoms with Crippen LogP contribution in [0.15, 0.2) is 182 Å².